The highest BCUT2D eigenvalue weighted by atomic mass is 15.1. The highest BCUT2D eigenvalue weighted by molar-refractivity contribution is 5.19. The molecule has 1 aromatic rings. The van der Waals surface area contributed by atoms with Crippen LogP contribution in [-0.4, -0.2) is 42.3 Å². The molecule has 0 atom stereocenters. The van der Waals surface area contributed by atoms with Crippen LogP contribution >= 0.6 is 0 Å². The van der Waals surface area contributed by atoms with Gasteiger partial charge in [0.1, 0.15) is 0 Å². The van der Waals surface area contributed by atoms with Crippen molar-refractivity contribution < 1.29 is 0 Å². The van der Waals surface area contributed by atoms with Gasteiger partial charge in [0.15, 0.2) is 0 Å². The first-order valence-electron chi connectivity index (χ1n) is 5.25. The lowest BCUT2D eigenvalue weighted by Crippen LogP contribution is -2.26. The topological polar surface area (TPSA) is 41.0 Å². The molecule has 0 spiro atoms. The maximum absolute atomic E-state index is 4.09. The summed E-state index contributed by atoms with van der Waals surface area (Å²) in [5.41, 5.74) is 3.23. The minimum Gasteiger partial charge on any atom is -0.311 e. The predicted molar refractivity (Wildman–Crippen MR) is 61.8 cm³/mol. The van der Waals surface area contributed by atoms with Crippen molar-refractivity contribution in [1.29, 1.82) is 0 Å². The van der Waals surface area contributed by atoms with Crippen LogP contribution in [0.1, 0.15) is 17.0 Å². The maximum atomic E-state index is 4.09. The van der Waals surface area contributed by atoms with Gasteiger partial charge in [0.2, 0.25) is 0 Å². The zero-order chi connectivity index (χ0) is 11.3. The lowest BCUT2D eigenvalue weighted by Gasteiger charge is -2.11. The summed E-state index contributed by atoms with van der Waals surface area (Å²) in [5, 5.41) is 11.5. The van der Waals surface area contributed by atoms with Gasteiger partial charge in [-0.05, 0) is 39.6 Å². The van der Waals surface area contributed by atoms with Crippen LogP contribution in [0.3, 0.4) is 0 Å². The summed E-state index contributed by atoms with van der Waals surface area (Å²) in [6, 6.07) is 2.09. The molecule has 0 aliphatic heterocycles. The molecule has 0 saturated carbocycles. The molecule has 0 radical (unpaired) electrons. The average Bonchev–Trinajstić information content (AvgIpc) is 2.17. The number of hydrogen-bond donors (Lipinski definition) is 1. The number of aromatic nitrogens is 2. The minimum atomic E-state index is 0.871. The van der Waals surface area contributed by atoms with Gasteiger partial charge in [-0.25, -0.2) is 0 Å². The first-order chi connectivity index (χ1) is 7.09. The van der Waals surface area contributed by atoms with E-state index in [1.165, 1.54) is 5.56 Å². The molecule has 1 heterocycles. The third-order valence-electron chi connectivity index (χ3n) is 2.26. The summed E-state index contributed by atoms with van der Waals surface area (Å²) in [7, 11) is 4.15. The zero-order valence-corrected chi connectivity index (χ0v) is 10.0. The van der Waals surface area contributed by atoms with Crippen LogP contribution in [0.25, 0.3) is 0 Å². The standard InChI is InChI=1S/C11H20N4/c1-9-7-11(10(2)14-13-9)8-12-5-6-15(3)4/h7,12H,5-6,8H2,1-4H3. The van der Waals surface area contributed by atoms with Crippen LogP contribution < -0.4 is 5.32 Å². The fraction of sp³-hybridized carbons (Fsp3) is 0.636. The molecular formula is C11H20N4. The van der Waals surface area contributed by atoms with Crippen molar-refractivity contribution in [2.45, 2.75) is 20.4 Å². The first kappa shape index (κ1) is 12.1. The molecule has 0 bridgehead atoms. The molecule has 0 fully saturated rings. The summed E-state index contributed by atoms with van der Waals surface area (Å²) in [4.78, 5) is 2.16. The normalized spacial score (nSPS) is 11.0. The van der Waals surface area contributed by atoms with E-state index in [1.807, 2.05) is 13.8 Å². The van der Waals surface area contributed by atoms with Gasteiger partial charge in [-0.1, -0.05) is 0 Å². The number of likely N-dealkylation sites (N-methyl/N-ethyl adjacent to an activating group) is 1. The SMILES string of the molecule is Cc1cc(CNCCN(C)C)c(C)nn1. The highest BCUT2D eigenvalue weighted by Gasteiger charge is 2.00. The van der Waals surface area contributed by atoms with Gasteiger partial charge >= 0.3 is 0 Å². The second-order valence-electron chi connectivity index (χ2n) is 4.08. The number of nitrogens with zero attached hydrogens (tertiary/aromatic N) is 3. The minimum absolute atomic E-state index is 0.871. The van der Waals surface area contributed by atoms with Crippen molar-refractivity contribution in [3.05, 3.63) is 23.0 Å². The Hall–Kier alpha value is -1.00. The van der Waals surface area contributed by atoms with Gasteiger partial charge in [-0.15, -0.1) is 0 Å². The molecular weight excluding hydrogens is 188 g/mol. The Balaban J connectivity index is 2.40. The summed E-state index contributed by atoms with van der Waals surface area (Å²) in [6.45, 7) is 6.88. The van der Waals surface area contributed by atoms with E-state index < -0.39 is 0 Å². The molecule has 0 unspecified atom stereocenters. The molecule has 0 aliphatic rings. The summed E-state index contributed by atoms with van der Waals surface area (Å²) in [5.74, 6) is 0. The molecule has 0 saturated heterocycles. The maximum Gasteiger partial charge on any atom is 0.0645 e. The van der Waals surface area contributed by atoms with Crippen LogP contribution in [0.5, 0.6) is 0 Å². The number of rotatable bonds is 5. The fourth-order valence-electron chi connectivity index (χ4n) is 1.31. The second kappa shape index (κ2) is 5.78. The largest absolute Gasteiger partial charge is 0.311 e. The summed E-state index contributed by atoms with van der Waals surface area (Å²) >= 11 is 0. The van der Waals surface area contributed by atoms with E-state index in [0.717, 1.165) is 31.0 Å². The van der Waals surface area contributed by atoms with Crippen molar-refractivity contribution in [2.75, 3.05) is 27.2 Å². The van der Waals surface area contributed by atoms with Gasteiger partial charge in [0, 0.05) is 19.6 Å². The van der Waals surface area contributed by atoms with Crippen LogP contribution in [0, 0.1) is 13.8 Å². The van der Waals surface area contributed by atoms with Gasteiger partial charge in [0.05, 0.1) is 11.4 Å². The molecule has 0 aromatic carbocycles. The van der Waals surface area contributed by atoms with E-state index in [2.05, 4.69) is 40.6 Å². The van der Waals surface area contributed by atoms with E-state index in [-0.39, 0.29) is 0 Å². The number of hydrogen-bond acceptors (Lipinski definition) is 4. The average molecular weight is 208 g/mol. The Kier molecular flexibility index (Phi) is 4.65. The predicted octanol–water partition coefficient (Wildman–Crippen LogP) is 0.745. The van der Waals surface area contributed by atoms with Crippen molar-refractivity contribution in [3.8, 4) is 0 Å². The Morgan fingerprint density at radius 2 is 2.00 bits per heavy atom. The summed E-state index contributed by atoms with van der Waals surface area (Å²) < 4.78 is 0. The first-order valence-corrected chi connectivity index (χ1v) is 5.25. The lowest BCUT2D eigenvalue weighted by atomic mass is 10.2. The monoisotopic (exact) mass is 208 g/mol. The van der Waals surface area contributed by atoms with E-state index in [1.54, 1.807) is 0 Å². The molecule has 84 valence electrons. The third-order valence-corrected chi connectivity index (χ3v) is 2.26. The molecule has 15 heavy (non-hydrogen) atoms. The smallest absolute Gasteiger partial charge is 0.0645 e. The van der Waals surface area contributed by atoms with Gasteiger partial charge in [-0.3, -0.25) is 0 Å². The van der Waals surface area contributed by atoms with Gasteiger partial charge in [0.25, 0.3) is 0 Å². The zero-order valence-electron chi connectivity index (χ0n) is 10.0. The van der Waals surface area contributed by atoms with E-state index in [4.69, 9.17) is 0 Å². The van der Waals surface area contributed by atoms with Gasteiger partial charge < -0.3 is 10.2 Å². The molecule has 1 aromatic heterocycles. The van der Waals surface area contributed by atoms with Gasteiger partial charge in [-0.2, -0.15) is 10.2 Å². The third kappa shape index (κ3) is 4.36. The Morgan fingerprint density at radius 1 is 1.27 bits per heavy atom. The fourth-order valence-corrected chi connectivity index (χ4v) is 1.31. The molecule has 4 heteroatoms. The Morgan fingerprint density at radius 3 is 2.67 bits per heavy atom. The van der Waals surface area contributed by atoms with Crippen molar-refractivity contribution in [1.82, 2.24) is 20.4 Å². The number of aryl methyl sites for hydroxylation is 2. The quantitative estimate of drug-likeness (QED) is 0.725. The Labute approximate surface area is 91.7 Å². The molecule has 4 nitrogen and oxygen atoms in total. The van der Waals surface area contributed by atoms with Crippen LogP contribution in [-0.2, 0) is 6.54 Å². The van der Waals surface area contributed by atoms with E-state index in [0.29, 0.717) is 0 Å². The molecule has 0 amide bonds. The molecule has 1 rings (SSSR count). The summed E-state index contributed by atoms with van der Waals surface area (Å²) in [6.07, 6.45) is 0. The molecule has 0 aliphatic carbocycles. The van der Waals surface area contributed by atoms with Crippen LogP contribution in [0.4, 0.5) is 0 Å². The van der Waals surface area contributed by atoms with E-state index >= 15 is 0 Å². The second-order valence-corrected chi connectivity index (χ2v) is 4.08. The van der Waals surface area contributed by atoms with E-state index in [9.17, 15) is 0 Å². The number of nitrogens with one attached hydrogen (secondary N) is 1. The van der Waals surface area contributed by atoms with Crippen LogP contribution in [0.15, 0.2) is 6.07 Å². The highest BCUT2D eigenvalue weighted by Crippen LogP contribution is 2.04. The lowest BCUT2D eigenvalue weighted by molar-refractivity contribution is 0.399. The Bertz CT molecular complexity index is 309. The molecule has 1 N–H and O–H groups in total. The van der Waals surface area contributed by atoms with Crippen molar-refractivity contribution in [3.63, 3.8) is 0 Å². The van der Waals surface area contributed by atoms with Crippen molar-refractivity contribution in [2.24, 2.45) is 0 Å². The van der Waals surface area contributed by atoms with Crippen molar-refractivity contribution >= 4 is 0 Å². The van der Waals surface area contributed by atoms with Crippen LogP contribution in [0.2, 0.25) is 0 Å².